The van der Waals surface area contributed by atoms with Crippen LogP contribution in [-0.2, 0) is 0 Å². The van der Waals surface area contributed by atoms with Crippen molar-refractivity contribution < 1.29 is 5.06 Å². The van der Waals surface area contributed by atoms with E-state index in [1.54, 1.807) is 0 Å². The molecule has 1 saturated heterocycles. The van der Waals surface area contributed by atoms with Crippen molar-refractivity contribution in [2.24, 2.45) is 5.92 Å². The molecule has 0 aromatic rings. The van der Waals surface area contributed by atoms with E-state index in [4.69, 9.17) is 23.2 Å². The van der Waals surface area contributed by atoms with Gasteiger partial charge in [-0.2, -0.15) is 0 Å². The third-order valence-corrected chi connectivity index (χ3v) is 3.38. The molecule has 1 aliphatic carbocycles. The Hall–Kier alpha value is 0.240. The number of alkyl halides is 2. The van der Waals surface area contributed by atoms with E-state index in [2.05, 4.69) is 0 Å². The minimum atomic E-state index is -1.11. The number of fused-ring (bicyclic) bond motifs is 1. The van der Waals surface area contributed by atoms with Crippen LogP contribution in [0.2, 0.25) is 0 Å². The lowest BCUT2D eigenvalue weighted by molar-refractivity contribution is -0.958. The van der Waals surface area contributed by atoms with E-state index < -0.39 is 4.46 Å². The number of halogens is 2. The number of hydroxylamine groups is 2. The van der Waals surface area contributed by atoms with Gasteiger partial charge in [-0.1, -0.05) is 12.2 Å². The van der Waals surface area contributed by atoms with Gasteiger partial charge in [0.05, 0.1) is 0 Å². The van der Waals surface area contributed by atoms with Gasteiger partial charge in [0.15, 0.2) is 0 Å². The number of hydrogen-bond acceptors (Lipinski definition) is 1. The number of nitrogens with one attached hydrogen (secondary N) is 1. The first-order chi connectivity index (χ1) is 5.14. The van der Waals surface area contributed by atoms with Crippen LogP contribution >= 0.6 is 23.2 Å². The number of allylic oxidation sites excluding steroid dienone is 1. The van der Waals surface area contributed by atoms with E-state index >= 15 is 0 Å². The molecule has 4 heteroatoms. The zero-order chi connectivity index (χ0) is 8.06. The largest absolute Gasteiger partial charge is 0.632 e. The SMILES string of the molecule is [O-][NH+]1[C@@H]2CCC=CC2C1(Cl)Cl. The normalized spacial score (nSPS) is 46.3. The fourth-order valence-electron chi connectivity index (χ4n) is 1.82. The van der Waals surface area contributed by atoms with Crippen molar-refractivity contribution in [1.29, 1.82) is 0 Å². The number of hydrogen-bond donors (Lipinski definition) is 1. The third kappa shape index (κ3) is 0.937. The van der Waals surface area contributed by atoms with Crippen LogP contribution in [0.25, 0.3) is 0 Å². The molecule has 0 spiro atoms. The van der Waals surface area contributed by atoms with Gasteiger partial charge in [-0.25, -0.2) is 0 Å². The summed E-state index contributed by atoms with van der Waals surface area (Å²) < 4.78 is -1.11. The number of quaternary nitrogens is 1. The summed E-state index contributed by atoms with van der Waals surface area (Å²) in [6.45, 7) is 0. The molecule has 2 nitrogen and oxygen atoms in total. The molecule has 11 heavy (non-hydrogen) atoms. The van der Waals surface area contributed by atoms with Crippen molar-refractivity contribution in [2.45, 2.75) is 23.3 Å². The molecule has 3 atom stereocenters. The Morgan fingerprint density at radius 3 is 2.91 bits per heavy atom. The van der Waals surface area contributed by atoms with Crippen LogP contribution in [0.3, 0.4) is 0 Å². The minimum absolute atomic E-state index is 0.00943. The van der Waals surface area contributed by atoms with Crippen LogP contribution < -0.4 is 5.06 Å². The molecule has 1 N–H and O–H groups in total. The highest BCUT2D eigenvalue weighted by molar-refractivity contribution is 6.47. The van der Waals surface area contributed by atoms with Gasteiger partial charge in [-0.3, -0.25) is 0 Å². The molecule has 0 aromatic carbocycles. The van der Waals surface area contributed by atoms with Crippen molar-refractivity contribution in [1.82, 2.24) is 0 Å². The summed E-state index contributed by atoms with van der Waals surface area (Å²) in [5.74, 6) is 0.0760. The predicted octanol–water partition coefficient (Wildman–Crippen LogP) is 0.849. The molecule has 0 amide bonds. The molecular formula is C7H9Cl2NO. The van der Waals surface area contributed by atoms with Gasteiger partial charge in [0, 0.05) is 6.42 Å². The molecule has 0 aromatic heterocycles. The summed E-state index contributed by atoms with van der Waals surface area (Å²) in [5, 5.41) is 11.2. The average molecular weight is 194 g/mol. The zero-order valence-corrected chi connectivity index (χ0v) is 7.40. The van der Waals surface area contributed by atoms with Crippen molar-refractivity contribution in [3.8, 4) is 0 Å². The standard InChI is InChI=1S/C7H9Cl2NO/c8-7(9)5-3-1-2-4-6(5)10(7)11/h1,3,5-6,10H,2,4H2/t5?,6-/m1/s1. The van der Waals surface area contributed by atoms with E-state index in [9.17, 15) is 5.21 Å². The quantitative estimate of drug-likeness (QED) is 0.263. The Kier molecular flexibility index (Phi) is 1.69. The van der Waals surface area contributed by atoms with E-state index in [1.807, 2.05) is 12.2 Å². The summed E-state index contributed by atoms with van der Waals surface area (Å²) in [4.78, 5) is 0. The lowest BCUT2D eigenvalue weighted by atomic mass is 9.82. The van der Waals surface area contributed by atoms with E-state index in [0.717, 1.165) is 12.8 Å². The van der Waals surface area contributed by atoms with Crippen molar-refractivity contribution >= 4 is 23.2 Å². The van der Waals surface area contributed by atoms with E-state index in [0.29, 0.717) is 0 Å². The first-order valence-corrected chi connectivity index (χ1v) is 4.48. The van der Waals surface area contributed by atoms with Crippen LogP contribution in [-0.4, -0.2) is 10.5 Å². The minimum Gasteiger partial charge on any atom is -0.632 e. The van der Waals surface area contributed by atoms with Gasteiger partial charge in [0.1, 0.15) is 12.0 Å². The lowest BCUT2D eigenvalue weighted by Crippen LogP contribution is -3.27. The molecule has 2 rings (SSSR count). The Labute approximate surface area is 75.3 Å². The molecule has 62 valence electrons. The Bertz CT molecular complexity index is 205. The molecule has 1 fully saturated rings. The molecule has 2 unspecified atom stereocenters. The smallest absolute Gasteiger partial charge is 0.261 e. The van der Waals surface area contributed by atoms with Crippen molar-refractivity contribution in [3.05, 3.63) is 17.4 Å². The van der Waals surface area contributed by atoms with Crippen molar-refractivity contribution in [2.75, 3.05) is 0 Å². The molecular weight excluding hydrogens is 185 g/mol. The predicted molar refractivity (Wildman–Crippen MR) is 44.4 cm³/mol. The second-order valence-electron chi connectivity index (χ2n) is 3.12. The highest BCUT2D eigenvalue weighted by atomic mass is 35.5. The van der Waals surface area contributed by atoms with Gasteiger partial charge in [-0.15, -0.1) is 0 Å². The zero-order valence-electron chi connectivity index (χ0n) is 5.89. The monoisotopic (exact) mass is 193 g/mol. The maximum atomic E-state index is 11.2. The van der Waals surface area contributed by atoms with Crippen LogP contribution in [0, 0.1) is 11.1 Å². The molecule has 1 aliphatic heterocycles. The maximum Gasteiger partial charge on any atom is 0.261 e. The van der Waals surface area contributed by atoms with Gasteiger partial charge in [0.2, 0.25) is 0 Å². The van der Waals surface area contributed by atoms with E-state index in [-0.39, 0.29) is 17.0 Å². The Balaban J connectivity index is 2.20. The molecule has 0 saturated carbocycles. The van der Waals surface area contributed by atoms with Crippen molar-refractivity contribution in [3.63, 3.8) is 0 Å². The third-order valence-electron chi connectivity index (χ3n) is 2.51. The first kappa shape index (κ1) is 7.87. The topological polar surface area (TPSA) is 27.5 Å². The van der Waals surface area contributed by atoms with Crippen LogP contribution in [0.5, 0.6) is 0 Å². The maximum absolute atomic E-state index is 11.2. The Morgan fingerprint density at radius 2 is 2.27 bits per heavy atom. The highest BCUT2D eigenvalue weighted by Crippen LogP contribution is 2.38. The average Bonchev–Trinajstić information content (AvgIpc) is 2.04. The summed E-state index contributed by atoms with van der Waals surface area (Å²) >= 11 is 11.6. The van der Waals surface area contributed by atoms with Crippen LogP contribution in [0.15, 0.2) is 12.2 Å². The van der Waals surface area contributed by atoms with Gasteiger partial charge in [0.25, 0.3) is 4.46 Å². The highest BCUT2D eigenvalue weighted by Gasteiger charge is 2.59. The van der Waals surface area contributed by atoms with E-state index in [1.165, 1.54) is 0 Å². The lowest BCUT2D eigenvalue weighted by Gasteiger charge is -2.56. The fourth-order valence-corrected chi connectivity index (χ4v) is 2.55. The molecule has 0 bridgehead atoms. The second-order valence-corrected chi connectivity index (χ2v) is 4.51. The summed E-state index contributed by atoms with van der Waals surface area (Å²) in [6, 6.07) is 0.106. The summed E-state index contributed by atoms with van der Waals surface area (Å²) in [7, 11) is 0. The van der Waals surface area contributed by atoms with Gasteiger partial charge in [-0.05, 0) is 29.6 Å². The molecule has 0 radical (unpaired) electrons. The summed E-state index contributed by atoms with van der Waals surface area (Å²) in [5.41, 5.74) is 0. The van der Waals surface area contributed by atoms with Gasteiger partial charge < -0.3 is 10.3 Å². The number of rotatable bonds is 0. The van der Waals surface area contributed by atoms with Crippen LogP contribution in [0.1, 0.15) is 12.8 Å². The van der Waals surface area contributed by atoms with Gasteiger partial charge >= 0.3 is 0 Å². The van der Waals surface area contributed by atoms with Crippen LogP contribution in [0.4, 0.5) is 0 Å². The molecule has 1 heterocycles. The summed E-state index contributed by atoms with van der Waals surface area (Å²) in [6.07, 6.45) is 5.92. The first-order valence-electron chi connectivity index (χ1n) is 3.73. The fraction of sp³-hybridized carbons (Fsp3) is 0.714. The Morgan fingerprint density at radius 1 is 1.55 bits per heavy atom. The second kappa shape index (κ2) is 2.36. The molecule has 2 aliphatic rings.